The number of methoxy groups -OCH3 is 1. The van der Waals surface area contributed by atoms with E-state index in [9.17, 15) is 0 Å². The minimum absolute atomic E-state index is 0.276. The molecule has 1 aromatic rings. The molecule has 0 aliphatic carbocycles. The molecule has 2 aliphatic heterocycles. The van der Waals surface area contributed by atoms with Crippen LogP contribution in [0.1, 0.15) is 5.56 Å². The summed E-state index contributed by atoms with van der Waals surface area (Å²) in [6.45, 7) is 5.66. The monoisotopic (exact) mass is 342 g/mol. The molecular weight excluding hydrogens is 324 g/mol. The molecule has 0 aromatic heterocycles. The molecule has 1 saturated heterocycles. The van der Waals surface area contributed by atoms with Gasteiger partial charge < -0.3 is 24.4 Å². The van der Waals surface area contributed by atoms with Crippen LogP contribution in [-0.4, -0.2) is 51.5 Å². The fraction of sp³-hybridized carbons (Fsp3) is 0.571. The van der Waals surface area contributed by atoms with Gasteiger partial charge in [0.05, 0.1) is 7.11 Å². The molecule has 0 atom stereocenters. The number of hydrogen-bond donors (Lipinski definition) is 1. The maximum Gasteiger partial charge on any atom is 0.231 e. The second kappa shape index (κ2) is 6.20. The Kier molecular flexibility index (Phi) is 4.33. The Morgan fingerprint density at radius 3 is 2.90 bits per heavy atom. The number of rotatable bonds is 4. The lowest BCUT2D eigenvalue weighted by Crippen LogP contribution is -2.44. The van der Waals surface area contributed by atoms with Gasteiger partial charge in [-0.05, 0) is 28.4 Å². The van der Waals surface area contributed by atoms with Gasteiger partial charge in [-0.15, -0.1) is 0 Å². The standard InChI is InChI=1S/C14H19BrN2O3/c1-18-13-10(2-5-17-6-3-16-4-7-17)8-11-14(12(13)15)20-9-19-11/h8,16H,2-7,9H2,1H3. The van der Waals surface area contributed by atoms with E-state index < -0.39 is 0 Å². The smallest absolute Gasteiger partial charge is 0.231 e. The van der Waals surface area contributed by atoms with Crippen molar-refractivity contribution in [2.24, 2.45) is 0 Å². The summed E-state index contributed by atoms with van der Waals surface area (Å²) in [4.78, 5) is 2.47. The van der Waals surface area contributed by atoms with Gasteiger partial charge in [0.25, 0.3) is 0 Å². The van der Waals surface area contributed by atoms with E-state index in [-0.39, 0.29) is 6.79 Å². The van der Waals surface area contributed by atoms with E-state index in [1.165, 1.54) is 0 Å². The first kappa shape index (κ1) is 14.0. The van der Waals surface area contributed by atoms with Crippen LogP contribution in [0.3, 0.4) is 0 Å². The molecule has 1 fully saturated rings. The Bertz CT molecular complexity index is 490. The van der Waals surface area contributed by atoms with E-state index in [0.717, 1.165) is 66.4 Å². The fourth-order valence-corrected chi connectivity index (χ4v) is 3.38. The molecule has 0 spiro atoms. The normalized spacial score (nSPS) is 18.3. The van der Waals surface area contributed by atoms with Gasteiger partial charge in [0, 0.05) is 38.3 Å². The third-order valence-corrected chi connectivity index (χ3v) is 4.47. The van der Waals surface area contributed by atoms with Crippen LogP contribution < -0.4 is 19.5 Å². The van der Waals surface area contributed by atoms with Crippen LogP contribution in [-0.2, 0) is 6.42 Å². The first-order chi connectivity index (χ1) is 9.79. The number of ether oxygens (including phenoxy) is 3. The summed E-state index contributed by atoms with van der Waals surface area (Å²) < 4.78 is 17.3. The van der Waals surface area contributed by atoms with Gasteiger partial charge in [-0.3, -0.25) is 0 Å². The molecule has 2 aliphatic rings. The van der Waals surface area contributed by atoms with Crippen LogP contribution >= 0.6 is 15.9 Å². The van der Waals surface area contributed by atoms with E-state index >= 15 is 0 Å². The quantitative estimate of drug-likeness (QED) is 0.900. The average molecular weight is 343 g/mol. The van der Waals surface area contributed by atoms with Crippen molar-refractivity contribution in [2.45, 2.75) is 6.42 Å². The maximum atomic E-state index is 5.53. The minimum atomic E-state index is 0.276. The van der Waals surface area contributed by atoms with E-state index in [1.807, 2.05) is 6.07 Å². The maximum absolute atomic E-state index is 5.53. The summed E-state index contributed by atoms with van der Waals surface area (Å²) in [6, 6.07) is 2.04. The van der Waals surface area contributed by atoms with Crippen LogP contribution in [0.4, 0.5) is 0 Å². The molecule has 0 saturated carbocycles. The fourth-order valence-electron chi connectivity index (χ4n) is 2.65. The van der Waals surface area contributed by atoms with Gasteiger partial charge in [-0.25, -0.2) is 0 Å². The molecule has 1 N–H and O–H groups in total. The van der Waals surface area contributed by atoms with Gasteiger partial charge in [0.15, 0.2) is 11.5 Å². The SMILES string of the molecule is COc1c(CCN2CCNCC2)cc2c(c1Br)OCO2. The van der Waals surface area contributed by atoms with Crippen LogP contribution in [0, 0.1) is 0 Å². The van der Waals surface area contributed by atoms with E-state index in [0.29, 0.717) is 0 Å². The van der Waals surface area contributed by atoms with Crippen molar-refractivity contribution in [3.63, 3.8) is 0 Å². The van der Waals surface area contributed by atoms with Crippen LogP contribution in [0.15, 0.2) is 10.5 Å². The first-order valence-electron chi connectivity index (χ1n) is 6.87. The molecule has 0 amide bonds. The molecule has 110 valence electrons. The highest BCUT2D eigenvalue weighted by Crippen LogP contribution is 2.46. The van der Waals surface area contributed by atoms with Crippen LogP contribution in [0.5, 0.6) is 17.2 Å². The molecular formula is C14H19BrN2O3. The van der Waals surface area contributed by atoms with Crippen molar-refractivity contribution >= 4 is 15.9 Å². The summed E-state index contributed by atoms with van der Waals surface area (Å²) in [5.74, 6) is 2.39. The Balaban J connectivity index is 1.76. The van der Waals surface area contributed by atoms with Gasteiger partial charge in [-0.2, -0.15) is 0 Å². The zero-order valence-electron chi connectivity index (χ0n) is 11.6. The minimum Gasteiger partial charge on any atom is -0.495 e. The number of piperazine rings is 1. The van der Waals surface area contributed by atoms with E-state index in [1.54, 1.807) is 7.11 Å². The van der Waals surface area contributed by atoms with Crippen molar-refractivity contribution < 1.29 is 14.2 Å². The van der Waals surface area contributed by atoms with Crippen molar-refractivity contribution in [1.82, 2.24) is 10.2 Å². The molecule has 1 aromatic carbocycles. The Hall–Kier alpha value is -0.980. The number of nitrogens with one attached hydrogen (secondary N) is 1. The summed E-state index contributed by atoms with van der Waals surface area (Å²) in [5.41, 5.74) is 1.15. The predicted octanol–water partition coefficient (Wildman–Crippen LogP) is 1.63. The lowest BCUT2D eigenvalue weighted by molar-refractivity contribution is 0.173. The van der Waals surface area contributed by atoms with E-state index in [4.69, 9.17) is 14.2 Å². The molecule has 6 heteroatoms. The lowest BCUT2D eigenvalue weighted by Gasteiger charge is -2.27. The molecule has 0 radical (unpaired) electrons. The van der Waals surface area contributed by atoms with E-state index in [2.05, 4.69) is 26.1 Å². The Morgan fingerprint density at radius 1 is 1.35 bits per heavy atom. The highest BCUT2D eigenvalue weighted by molar-refractivity contribution is 9.10. The van der Waals surface area contributed by atoms with Crippen molar-refractivity contribution in [3.05, 3.63) is 16.1 Å². The van der Waals surface area contributed by atoms with Crippen LogP contribution in [0.2, 0.25) is 0 Å². The summed E-state index contributed by atoms with van der Waals surface area (Å²) in [7, 11) is 1.69. The highest BCUT2D eigenvalue weighted by Gasteiger charge is 2.23. The van der Waals surface area contributed by atoms with Crippen molar-refractivity contribution in [3.8, 4) is 17.2 Å². The van der Waals surface area contributed by atoms with Gasteiger partial charge in [-0.1, -0.05) is 0 Å². The largest absolute Gasteiger partial charge is 0.495 e. The molecule has 5 nitrogen and oxygen atoms in total. The number of hydrogen-bond acceptors (Lipinski definition) is 5. The van der Waals surface area contributed by atoms with Crippen molar-refractivity contribution in [2.75, 3.05) is 46.6 Å². The van der Waals surface area contributed by atoms with Gasteiger partial charge in [0.2, 0.25) is 6.79 Å². The third kappa shape index (κ3) is 2.73. The lowest BCUT2D eigenvalue weighted by atomic mass is 10.1. The highest BCUT2D eigenvalue weighted by atomic mass is 79.9. The van der Waals surface area contributed by atoms with Crippen molar-refractivity contribution in [1.29, 1.82) is 0 Å². The second-order valence-corrected chi connectivity index (χ2v) is 5.75. The molecule has 0 unspecified atom stereocenters. The summed E-state index contributed by atoms with van der Waals surface area (Å²) >= 11 is 3.56. The predicted molar refractivity (Wildman–Crippen MR) is 79.8 cm³/mol. The van der Waals surface area contributed by atoms with Gasteiger partial charge >= 0.3 is 0 Å². The third-order valence-electron chi connectivity index (χ3n) is 3.75. The number of benzene rings is 1. The number of nitrogens with zero attached hydrogens (tertiary/aromatic N) is 1. The van der Waals surface area contributed by atoms with Crippen LogP contribution in [0.25, 0.3) is 0 Å². The molecule has 2 heterocycles. The topological polar surface area (TPSA) is 43.0 Å². The number of fused-ring (bicyclic) bond motifs is 1. The first-order valence-corrected chi connectivity index (χ1v) is 7.67. The average Bonchev–Trinajstić information content (AvgIpc) is 2.95. The zero-order valence-corrected chi connectivity index (χ0v) is 13.2. The molecule has 20 heavy (non-hydrogen) atoms. The Labute approximate surface area is 127 Å². The van der Waals surface area contributed by atoms with Gasteiger partial charge in [0.1, 0.15) is 10.2 Å². The summed E-state index contributed by atoms with van der Waals surface area (Å²) in [5, 5.41) is 3.37. The zero-order chi connectivity index (χ0) is 13.9. The molecule has 3 rings (SSSR count). The molecule has 0 bridgehead atoms. The number of halogens is 1. The summed E-state index contributed by atoms with van der Waals surface area (Å²) in [6.07, 6.45) is 0.943. The second-order valence-electron chi connectivity index (χ2n) is 4.96. The Morgan fingerprint density at radius 2 is 2.15 bits per heavy atom.